The number of aliphatic imine (C=N–C) groups is 1. The fourth-order valence-electron chi connectivity index (χ4n) is 2.76. The molecule has 0 fully saturated rings. The van der Waals surface area contributed by atoms with Crippen molar-refractivity contribution in [1.29, 1.82) is 0 Å². The molecule has 1 amide bonds. The van der Waals surface area contributed by atoms with E-state index in [0.717, 1.165) is 37.6 Å². The Hall–Kier alpha value is -2.25. The first-order valence-electron chi connectivity index (χ1n) is 10.1. The summed E-state index contributed by atoms with van der Waals surface area (Å²) in [4.78, 5) is 18.3. The predicted molar refractivity (Wildman–Crippen MR) is 114 cm³/mol. The zero-order valence-corrected chi connectivity index (χ0v) is 18.6. The lowest BCUT2D eigenvalue weighted by Gasteiger charge is -2.27. The van der Waals surface area contributed by atoms with Crippen molar-refractivity contribution < 1.29 is 9.53 Å². The molecule has 0 radical (unpaired) electrons. The van der Waals surface area contributed by atoms with Gasteiger partial charge in [0.15, 0.2) is 5.96 Å². The van der Waals surface area contributed by atoms with Gasteiger partial charge in [0.1, 0.15) is 5.60 Å². The van der Waals surface area contributed by atoms with Gasteiger partial charge in [-0.25, -0.2) is 4.79 Å². The fourth-order valence-corrected chi connectivity index (χ4v) is 2.76. The second kappa shape index (κ2) is 11.6. The van der Waals surface area contributed by atoms with Gasteiger partial charge in [-0.3, -0.25) is 9.67 Å². The quantitative estimate of drug-likeness (QED) is 0.382. The largest absolute Gasteiger partial charge is 0.444 e. The lowest BCUT2D eigenvalue weighted by molar-refractivity contribution is 0.0253. The normalized spacial score (nSPS) is 12.0. The van der Waals surface area contributed by atoms with Crippen LogP contribution in [0.5, 0.6) is 0 Å². The average molecular weight is 395 g/mol. The van der Waals surface area contributed by atoms with Gasteiger partial charge in [-0.15, -0.1) is 0 Å². The first-order valence-corrected chi connectivity index (χ1v) is 10.1. The van der Waals surface area contributed by atoms with Crippen LogP contribution in [-0.2, 0) is 11.3 Å². The topological polar surface area (TPSA) is 83.8 Å². The van der Waals surface area contributed by atoms with Crippen molar-refractivity contribution in [3.8, 4) is 0 Å². The second-order valence-electron chi connectivity index (χ2n) is 7.90. The third-order valence-electron chi connectivity index (χ3n) is 3.99. The van der Waals surface area contributed by atoms with Crippen molar-refractivity contribution in [1.82, 2.24) is 25.3 Å². The van der Waals surface area contributed by atoms with Crippen LogP contribution < -0.4 is 10.6 Å². The number of aryl methyl sites for hydroxylation is 3. The van der Waals surface area contributed by atoms with Crippen molar-refractivity contribution in [2.75, 3.05) is 33.2 Å². The van der Waals surface area contributed by atoms with E-state index in [4.69, 9.17) is 4.74 Å². The molecule has 0 unspecified atom stereocenters. The molecule has 0 bridgehead atoms. The van der Waals surface area contributed by atoms with Gasteiger partial charge in [-0.1, -0.05) is 6.92 Å². The number of nitrogens with one attached hydrogen (secondary N) is 2. The van der Waals surface area contributed by atoms with Gasteiger partial charge in [-0.2, -0.15) is 5.10 Å². The molecule has 0 aromatic carbocycles. The molecule has 0 saturated heterocycles. The molecule has 160 valence electrons. The number of carbonyl (C=O) groups excluding carboxylic acids is 1. The van der Waals surface area contributed by atoms with Crippen molar-refractivity contribution >= 4 is 12.1 Å². The highest BCUT2D eigenvalue weighted by Gasteiger charge is 2.21. The number of rotatable bonds is 9. The summed E-state index contributed by atoms with van der Waals surface area (Å²) in [5, 5.41) is 11.0. The summed E-state index contributed by atoms with van der Waals surface area (Å²) in [5.74, 6) is 0.731. The summed E-state index contributed by atoms with van der Waals surface area (Å²) in [6.45, 7) is 15.3. The number of nitrogens with zero attached hydrogens (tertiary/aromatic N) is 4. The summed E-state index contributed by atoms with van der Waals surface area (Å²) < 4.78 is 7.50. The summed E-state index contributed by atoms with van der Waals surface area (Å²) in [6, 6.07) is 2.08. The first-order chi connectivity index (χ1) is 13.2. The van der Waals surface area contributed by atoms with E-state index in [-0.39, 0.29) is 6.09 Å². The maximum Gasteiger partial charge on any atom is 0.410 e. The number of hydrogen-bond acceptors (Lipinski definition) is 4. The van der Waals surface area contributed by atoms with Crippen molar-refractivity contribution in [3.05, 3.63) is 17.5 Å². The Balaban J connectivity index is 2.35. The average Bonchev–Trinajstić information content (AvgIpc) is 2.91. The minimum atomic E-state index is -0.487. The molecule has 1 heterocycles. The van der Waals surface area contributed by atoms with Crippen LogP contribution in [0.3, 0.4) is 0 Å². The summed E-state index contributed by atoms with van der Waals surface area (Å²) >= 11 is 0. The minimum absolute atomic E-state index is 0.274. The van der Waals surface area contributed by atoms with Crippen LogP contribution in [0.15, 0.2) is 11.1 Å². The molecule has 0 aliphatic carbocycles. The highest BCUT2D eigenvalue weighted by atomic mass is 16.6. The summed E-state index contributed by atoms with van der Waals surface area (Å²) in [7, 11) is 1.74. The Morgan fingerprint density at radius 2 is 1.93 bits per heavy atom. The standard InChI is InChI=1S/C20H38N6O2/c1-8-12-25(19(27)28-20(4,5)6)14-11-23-18(21-7)22-10-9-13-26-17(3)15-16(2)24-26/h15H,8-14H2,1-7H3,(H2,21,22,23). The zero-order chi connectivity index (χ0) is 21.2. The van der Waals surface area contributed by atoms with Gasteiger partial charge in [0.25, 0.3) is 0 Å². The number of ether oxygens (including phenoxy) is 1. The smallest absolute Gasteiger partial charge is 0.410 e. The van der Waals surface area contributed by atoms with E-state index in [1.165, 1.54) is 5.69 Å². The van der Waals surface area contributed by atoms with Crippen LogP contribution in [0.1, 0.15) is 51.9 Å². The molecule has 2 N–H and O–H groups in total. The third kappa shape index (κ3) is 9.10. The third-order valence-corrected chi connectivity index (χ3v) is 3.99. The Bertz CT molecular complexity index is 633. The number of aromatic nitrogens is 2. The van der Waals surface area contributed by atoms with Crippen molar-refractivity contribution in [2.45, 2.75) is 66.5 Å². The van der Waals surface area contributed by atoms with Gasteiger partial charge < -0.3 is 20.3 Å². The summed E-state index contributed by atoms with van der Waals surface area (Å²) in [5.41, 5.74) is 1.74. The molecule has 1 aromatic rings. The van der Waals surface area contributed by atoms with E-state index in [1.54, 1.807) is 11.9 Å². The van der Waals surface area contributed by atoms with Crippen LogP contribution in [-0.4, -0.2) is 65.6 Å². The SMILES string of the molecule is CCCN(CCNC(=NC)NCCCn1nc(C)cc1C)C(=O)OC(C)(C)C. The number of guanidine groups is 1. The zero-order valence-electron chi connectivity index (χ0n) is 18.6. The van der Waals surface area contributed by atoms with E-state index in [2.05, 4.69) is 33.7 Å². The Kier molecular flexibility index (Phi) is 9.82. The van der Waals surface area contributed by atoms with Crippen LogP contribution >= 0.6 is 0 Å². The number of hydrogen-bond donors (Lipinski definition) is 2. The Labute approximate surface area is 169 Å². The van der Waals surface area contributed by atoms with E-state index < -0.39 is 5.60 Å². The molecule has 0 saturated carbocycles. The number of amides is 1. The lowest BCUT2D eigenvalue weighted by atomic mass is 10.2. The van der Waals surface area contributed by atoms with Crippen LogP contribution in [0, 0.1) is 13.8 Å². The fraction of sp³-hybridized carbons (Fsp3) is 0.750. The van der Waals surface area contributed by atoms with Gasteiger partial charge in [-0.05, 0) is 53.5 Å². The van der Waals surface area contributed by atoms with Gasteiger partial charge in [0, 0.05) is 45.5 Å². The molecule has 0 atom stereocenters. The highest BCUT2D eigenvalue weighted by molar-refractivity contribution is 5.79. The molecular formula is C20H38N6O2. The molecule has 8 nitrogen and oxygen atoms in total. The van der Waals surface area contributed by atoms with E-state index in [9.17, 15) is 4.79 Å². The Morgan fingerprint density at radius 3 is 2.46 bits per heavy atom. The monoisotopic (exact) mass is 394 g/mol. The summed E-state index contributed by atoms with van der Waals surface area (Å²) in [6.07, 6.45) is 1.56. The van der Waals surface area contributed by atoms with Crippen LogP contribution in [0.25, 0.3) is 0 Å². The maximum absolute atomic E-state index is 12.3. The minimum Gasteiger partial charge on any atom is -0.444 e. The van der Waals surface area contributed by atoms with E-state index in [1.807, 2.05) is 39.3 Å². The second-order valence-corrected chi connectivity index (χ2v) is 7.90. The highest BCUT2D eigenvalue weighted by Crippen LogP contribution is 2.10. The van der Waals surface area contributed by atoms with Crippen molar-refractivity contribution in [3.63, 3.8) is 0 Å². The van der Waals surface area contributed by atoms with Gasteiger partial charge in [0.05, 0.1) is 5.69 Å². The number of carbonyl (C=O) groups is 1. The molecule has 1 aromatic heterocycles. The van der Waals surface area contributed by atoms with Crippen LogP contribution in [0.2, 0.25) is 0 Å². The molecular weight excluding hydrogens is 356 g/mol. The Morgan fingerprint density at radius 1 is 1.25 bits per heavy atom. The lowest BCUT2D eigenvalue weighted by Crippen LogP contribution is -2.44. The van der Waals surface area contributed by atoms with Gasteiger partial charge in [0.2, 0.25) is 0 Å². The maximum atomic E-state index is 12.3. The molecule has 8 heteroatoms. The van der Waals surface area contributed by atoms with Crippen molar-refractivity contribution in [2.24, 2.45) is 4.99 Å². The molecule has 1 rings (SSSR count). The molecule has 0 aliphatic heterocycles. The van der Waals surface area contributed by atoms with Crippen LogP contribution in [0.4, 0.5) is 4.79 Å². The van der Waals surface area contributed by atoms with Gasteiger partial charge >= 0.3 is 6.09 Å². The first kappa shape index (κ1) is 23.8. The molecule has 0 spiro atoms. The molecule has 28 heavy (non-hydrogen) atoms. The van der Waals surface area contributed by atoms with E-state index in [0.29, 0.717) is 19.6 Å². The molecule has 0 aliphatic rings. The predicted octanol–water partition coefficient (Wildman–Crippen LogP) is 2.70. The van der Waals surface area contributed by atoms with E-state index >= 15 is 0 Å².